The molecule has 1 atom stereocenters. The largest absolute Gasteiger partial charge is 0.317 e. The molecule has 1 heterocycles. The van der Waals surface area contributed by atoms with E-state index in [9.17, 15) is 0 Å². The van der Waals surface area contributed by atoms with Crippen molar-refractivity contribution in [3.05, 3.63) is 15.6 Å². The summed E-state index contributed by atoms with van der Waals surface area (Å²) < 4.78 is 0. The van der Waals surface area contributed by atoms with E-state index in [4.69, 9.17) is 0 Å². The molecule has 0 amide bonds. The first kappa shape index (κ1) is 13.7. The van der Waals surface area contributed by atoms with Crippen molar-refractivity contribution >= 4 is 11.3 Å². The molecule has 0 bridgehead atoms. The Hall–Kier alpha value is -0.410. The highest BCUT2D eigenvalue weighted by molar-refractivity contribution is 7.11. The molecular formula is C13H24N2S. The molecule has 0 saturated carbocycles. The molecule has 0 aliphatic carbocycles. The third-order valence-electron chi connectivity index (χ3n) is 3.05. The zero-order valence-corrected chi connectivity index (χ0v) is 12.2. The van der Waals surface area contributed by atoms with Gasteiger partial charge in [0.05, 0.1) is 10.7 Å². The maximum Gasteiger partial charge on any atom is 0.0936 e. The van der Waals surface area contributed by atoms with E-state index in [2.05, 4.69) is 44.9 Å². The van der Waals surface area contributed by atoms with Crippen LogP contribution < -0.4 is 5.32 Å². The molecule has 1 aromatic heterocycles. The minimum absolute atomic E-state index is 0.319. The summed E-state index contributed by atoms with van der Waals surface area (Å²) >= 11 is 1.84. The molecule has 0 aliphatic rings. The first-order chi connectivity index (χ1) is 7.34. The fourth-order valence-electron chi connectivity index (χ4n) is 2.03. The first-order valence-electron chi connectivity index (χ1n) is 5.94. The van der Waals surface area contributed by atoms with Crippen LogP contribution in [0.1, 0.15) is 42.8 Å². The van der Waals surface area contributed by atoms with Gasteiger partial charge < -0.3 is 5.32 Å². The van der Waals surface area contributed by atoms with Gasteiger partial charge in [-0.2, -0.15) is 0 Å². The number of nitrogens with one attached hydrogen (secondary N) is 1. The normalized spacial score (nSPS) is 14.1. The number of nitrogens with zero attached hydrogens (tertiary/aromatic N) is 1. The molecule has 3 heteroatoms. The van der Waals surface area contributed by atoms with Gasteiger partial charge in [-0.25, -0.2) is 4.98 Å². The van der Waals surface area contributed by atoms with Gasteiger partial charge in [-0.3, -0.25) is 0 Å². The van der Waals surface area contributed by atoms with E-state index in [1.54, 1.807) is 0 Å². The smallest absolute Gasteiger partial charge is 0.0936 e. The average Bonchev–Trinajstić information content (AvgIpc) is 2.43. The molecule has 92 valence electrons. The summed E-state index contributed by atoms with van der Waals surface area (Å²) in [6.07, 6.45) is 2.26. The van der Waals surface area contributed by atoms with Crippen LogP contribution in [0, 0.1) is 19.3 Å². The number of hydrogen-bond acceptors (Lipinski definition) is 3. The first-order valence-corrected chi connectivity index (χ1v) is 6.76. The molecule has 0 fully saturated rings. The van der Waals surface area contributed by atoms with Crippen LogP contribution in [-0.4, -0.2) is 18.1 Å². The lowest BCUT2D eigenvalue weighted by Crippen LogP contribution is -2.29. The summed E-state index contributed by atoms with van der Waals surface area (Å²) in [4.78, 5) is 5.98. The van der Waals surface area contributed by atoms with Gasteiger partial charge in [-0.15, -0.1) is 11.3 Å². The summed E-state index contributed by atoms with van der Waals surface area (Å²) in [6, 6.07) is 0.567. The minimum atomic E-state index is 0.319. The Balaban J connectivity index is 2.64. The highest BCUT2D eigenvalue weighted by Crippen LogP contribution is 2.30. The van der Waals surface area contributed by atoms with Gasteiger partial charge >= 0.3 is 0 Å². The predicted molar refractivity (Wildman–Crippen MR) is 72.2 cm³/mol. The highest BCUT2D eigenvalue weighted by Gasteiger charge is 2.22. The molecule has 0 radical (unpaired) electrons. The Morgan fingerprint density at radius 1 is 1.38 bits per heavy atom. The van der Waals surface area contributed by atoms with E-state index >= 15 is 0 Å². The quantitative estimate of drug-likeness (QED) is 0.854. The van der Waals surface area contributed by atoms with Crippen LogP contribution >= 0.6 is 11.3 Å². The van der Waals surface area contributed by atoms with Crippen LogP contribution in [-0.2, 0) is 6.42 Å². The second-order valence-corrected chi connectivity index (χ2v) is 6.77. The van der Waals surface area contributed by atoms with Crippen molar-refractivity contribution in [1.82, 2.24) is 10.3 Å². The van der Waals surface area contributed by atoms with Crippen molar-refractivity contribution in [2.24, 2.45) is 5.41 Å². The SMILES string of the molecule is CNC(C)CC(C)(C)Cc1nc(C)c(C)s1. The summed E-state index contributed by atoms with van der Waals surface area (Å²) in [5.74, 6) is 0. The number of aryl methyl sites for hydroxylation is 2. The van der Waals surface area contributed by atoms with Gasteiger partial charge in [0.2, 0.25) is 0 Å². The van der Waals surface area contributed by atoms with Crippen molar-refractivity contribution in [2.75, 3.05) is 7.05 Å². The summed E-state index contributed by atoms with van der Waals surface area (Å²) in [5.41, 5.74) is 1.51. The van der Waals surface area contributed by atoms with Crippen LogP contribution in [0.15, 0.2) is 0 Å². The number of thiazole rings is 1. The number of aromatic nitrogens is 1. The van der Waals surface area contributed by atoms with Crippen LogP contribution in [0.2, 0.25) is 0 Å². The van der Waals surface area contributed by atoms with Crippen molar-refractivity contribution in [2.45, 2.75) is 53.5 Å². The minimum Gasteiger partial charge on any atom is -0.317 e. The second-order valence-electron chi connectivity index (χ2n) is 5.48. The summed E-state index contributed by atoms with van der Waals surface area (Å²) in [7, 11) is 2.03. The fourth-order valence-corrected chi connectivity index (χ4v) is 3.22. The van der Waals surface area contributed by atoms with E-state index < -0.39 is 0 Å². The molecule has 16 heavy (non-hydrogen) atoms. The third-order valence-corrected chi connectivity index (χ3v) is 4.13. The maximum absolute atomic E-state index is 4.63. The van der Waals surface area contributed by atoms with Gasteiger partial charge in [-0.05, 0) is 39.7 Å². The monoisotopic (exact) mass is 240 g/mol. The molecule has 0 aliphatic heterocycles. The van der Waals surface area contributed by atoms with E-state index in [1.165, 1.54) is 22.0 Å². The van der Waals surface area contributed by atoms with Gasteiger partial charge in [0.25, 0.3) is 0 Å². The van der Waals surface area contributed by atoms with Crippen LogP contribution in [0.5, 0.6) is 0 Å². The summed E-state index contributed by atoms with van der Waals surface area (Å²) in [5, 5.41) is 4.59. The van der Waals surface area contributed by atoms with Crippen molar-refractivity contribution in [3.63, 3.8) is 0 Å². The second kappa shape index (κ2) is 5.28. The van der Waals surface area contributed by atoms with Crippen LogP contribution in [0.25, 0.3) is 0 Å². The topological polar surface area (TPSA) is 24.9 Å². The van der Waals surface area contributed by atoms with Gasteiger partial charge in [0, 0.05) is 17.3 Å². The molecular weight excluding hydrogens is 216 g/mol. The third kappa shape index (κ3) is 3.87. The zero-order chi connectivity index (χ0) is 12.3. The Bertz CT molecular complexity index is 322. The Labute approximate surface area is 103 Å². The van der Waals surface area contributed by atoms with Crippen molar-refractivity contribution < 1.29 is 0 Å². The van der Waals surface area contributed by atoms with E-state index in [1.807, 2.05) is 18.4 Å². The maximum atomic E-state index is 4.63. The lowest BCUT2D eigenvalue weighted by Gasteiger charge is -2.27. The Kier molecular flexibility index (Phi) is 4.51. The summed E-state index contributed by atoms with van der Waals surface area (Å²) in [6.45, 7) is 11.1. The molecule has 1 aromatic rings. The molecule has 1 N–H and O–H groups in total. The Morgan fingerprint density at radius 2 is 2.00 bits per heavy atom. The van der Waals surface area contributed by atoms with Crippen molar-refractivity contribution in [3.8, 4) is 0 Å². The predicted octanol–water partition coefficient (Wildman–Crippen LogP) is 3.33. The molecule has 1 rings (SSSR count). The van der Waals surface area contributed by atoms with Gasteiger partial charge in [-0.1, -0.05) is 13.8 Å². The Morgan fingerprint density at radius 3 is 2.44 bits per heavy atom. The number of rotatable bonds is 5. The van der Waals surface area contributed by atoms with Gasteiger partial charge in [0.1, 0.15) is 0 Å². The highest BCUT2D eigenvalue weighted by atomic mass is 32.1. The average molecular weight is 240 g/mol. The van der Waals surface area contributed by atoms with Gasteiger partial charge in [0.15, 0.2) is 0 Å². The zero-order valence-electron chi connectivity index (χ0n) is 11.3. The lowest BCUT2D eigenvalue weighted by atomic mass is 9.83. The fraction of sp³-hybridized carbons (Fsp3) is 0.769. The van der Waals surface area contributed by atoms with Crippen LogP contribution in [0.4, 0.5) is 0 Å². The lowest BCUT2D eigenvalue weighted by molar-refractivity contribution is 0.293. The molecule has 2 nitrogen and oxygen atoms in total. The van der Waals surface area contributed by atoms with Crippen molar-refractivity contribution in [1.29, 1.82) is 0 Å². The van der Waals surface area contributed by atoms with E-state index in [0.717, 1.165) is 6.42 Å². The van der Waals surface area contributed by atoms with E-state index in [0.29, 0.717) is 11.5 Å². The number of hydrogen-bond donors (Lipinski definition) is 1. The molecule has 1 unspecified atom stereocenters. The van der Waals surface area contributed by atoms with E-state index in [-0.39, 0.29) is 0 Å². The van der Waals surface area contributed by atoms with Crippen LogP contribution in [0.3, 0.4) is 0 Å². The molecule has 0 aromatic carbocycles. The standard InChI is InChI=1S/C13H24N2S/c1-9(14-6)7-13(4,5)8-12-15-10(2)11(3)16-12/h9,14H,7-8H2,1-6H3. The molecule has 0 spiro atoms. The molecule has 0 saturated heterocycles.